The summed E-state index contributed by atoms with van der Waals surface area (Å²) in [5.41, 5.74) is 1.84. The predicted octanol–water partition coefficient (Wildman–Crippen LogP) is 1.72. The van der Waals surface area contributed by atoms with Crippen molar-refractivity contribution in [3.05, 3.63) is 29.1 Å². The van der Waals surface area contributed by atoms with E-state index in [9.17, 15) is 9.18 Å². The standard InChI is InChI=1S/C12H13FO3/c1-15-11-6-8-4-9(12(14)16-2)3-7(8)5-10(11)13/h5-6,9H,3-4H2,1-2H3. The molecule has 2 rings (SSSR count). The van der Waals surface area contributed by atoms with Gasteiger partial charge in [-0.1, -0.05) is 0 Å². The molecular weight excluding hydrogens is 211 g/mol. The lowest BCUT2D eigenvalue weighted by Gasteiger charge is -2.04. The van der Waals surface area contributed by atoms with Gasteiger partial charge in [0.25, 0.3) is 0 Å². The summed E-state index contributed by atoms with van der Waals surface area (Å²) >= 11 is 0. The van der Waals surface area contributed by atoms with Crippen LogP contribution in [0.3, 0.4) is 0 Å². The smallest absolute Gasteiger partial charge is 0.309 e. The molecule has 4 heteroatoms. The molecule has 0 aliphatic heterocycles. The molecule has 3 nitrogen and oxygen atoms in total. The van der Waals surface area contributed by atoms with Crippen molar-refractivity contribution in [3.63, 3.8) is 0 Å². The van der Waals surface area contributed by atoms with E-state index >= 15 is 0 Å². The van der Waals surface area contributed by atoms with Crippen LogP contribution in [0.2, 0.25) is 0 Å². The lowest BCUT2D eigenvalue weighted by Crippen LogP contribution is -2.15. The number of fused-ring (bicyclic) bond motifs is 1. The first-order chi connectivity index (χ1) is 7.65. The third-order valence-electron chi connectivity index (χ3n) is 2.94. The zero-order valence-electron chi connectivity index (χ0n) is 9.25. The molecule has 0 saturated heterocycles. The molecule has 0 radical (unpaired) electrons. The van der Waals surface area contributed by atoms with Crippen molar-refractivity contribution in [2.45, 2.75) is 12.8 Å². The average Bonchev–Trinajstić information content (AvgIpc) is 2.69. The number of rotatable bonds is 2. The molecule has 16 heavy (non-hydrogen) atoms. The van der Waals surface area contributed by atoms with Crippen LogP contribution in [0.1, 0.15) is 11.1 Å². The molecular formula is C12H13FO3. The molecule has 0 aromatic heterocycles. The van der Waals surface area contributed by atoms with Crippen molar-refractivity contribution in [2.24, 2.45) is 5.92 Å². The summed E-state index contributed by atoms with van der Waals surface area (Å²) in [5, 5.41) is 0. The van der Waals surface area contributed by atoms with Gasteiger partial charge >= 0.3 is 5.97 Å². The third kappa shape index (κ3) is 1.75. The van der Waals surface area contributed by atoms with E-state index in [1.807, 2.05) is 0 Å². The Hall–Kier alpha value is -1.58. The van der Waals surface area contributed by atoms with Crippen LogP contribution >= 0.6 is 0 Å². The summed E-state index contributed by atoms with van der Waals surface area (Å²) in [6, 6.07) is 3.10. The molecule has 0 amide bonds. The maximum atomic E-state index is 13.4. The molecule has 0 spiro atoms. The van der Waals surface area contributed by atoms with Crippen LogP contribution in [0.5, 0.6) is 5.75 Å². The molecule has 1 aliphatic carbocycles. The van der Waals surface area contributed by atoms with Crippen LogP contribution < -0.4 is 4.74 Å². The molecule has 1 aromatic carbocycles. The fraction of sp³-hybridized carbons (Fsp3) is 0.417. The monoisotopic (exact) mass is 224 g/mol. The molecule has 0 fully saturated rings. The SMILES string of the molecule is COC(=O)C1Cc2cc(F)c(OC)cc2C1. The number of carbonyl (C=O) groups excluding carboxylic acids is 1. The Bertz CT molecular complexity index is 429. The Morgan fingerprint density at radius 3 is 2.50 bits per heavy atom. The molecule has 1 aliphatic rings. The van der Waals surface area contributed by atoms with E-state index in [1.54, 1.807) is 6.07 Å². The Morgan fingerprint density at radius 1 is 1.31 bits per heavy atom. The topological polar surface area (TPSA) is 35.5 Å². The van der Waals surface area contributed by atoms with Crippen LogP contribution in [0.15, 0.2) is 12.1 Å². The van der Waals surface area contributed by atoms with Crippen molar-refractivity contribution < 1.29 is 18.7 Å². The largest absolute Gasteiger partial charge is 0.494 e. The van der Waals surface area contributed by atoms with Gasteiger partial charge in [-0.3, -0.25) is 4.79 Å². The molecule has 86 valence electrons. The van der Waals surface area contributed by atoms with E-state index in [4.69, 9.17) is 4.74 Å². The van der Waals surface area contributed by atoms with Gasteiger partial charge in [0.05, 0.1) is 20.1 Å². The lowest BCUT2D eigenvalue weighted by atomic mass is 10.1. The van der Waals surface area contributed by atoms with E-state index in [0.29, 0.717) is 12.8 Å². The lowest BCUT2D eigenvalue weighted by molar-refractivity contribution is -0.145. The average molecular weight is 224 g/mol. The quantitative estimate of drug-likeness (QED) is 0.717. The number of benzene rings is 1. The second kappa shape index (κ2) is 4.12. The van der Waals surface area contributed by atoms with Gasteiger partial charge in [-0.2, -0.15) is 0 Å². The van der Waals surface area contributed by atoms with Crippen LogP contribution in [0.25, 0.3) is 0 Å². The summed E-state index contributed by atoms with van der Waals surface area (Å²) in [4.78, 5) is 11.4. The van der Waals surface area contributed by atoms with Crippen LogP contribution in [0.4, 0.5) is 4.39 Å². The van der Waals surface area contributed by atoms with Crippen LogP contribution in [0, 0.1) is 11.7 Å². The van der Waals surface area contributed by atoms with Crippen molar-refractivity contribution in [1.82, 2.24) is 0 Å². The molecule has 0 N–H and O–H groups in total. The number of carbonyl (C=O) groups is 1. The minimum atomic E-state index is -0.383. The Balaban J connectivity index is 2.27. The number of ether oxygens (including phenoxy) is 2. The zero-order chi connectivity index (χ0) is 11.7. The predicted molar refractivity (Wildman–Crippen MR) is 55.9 cm³/mol. The summed E-state index contributed by atoms with van der Waals surface area (Å²) < 4.78 is 23.0. The van der Waals surface area contributed by atoms with Gasteiger partial charge in [0, 0.05) is 0 Å². The van der Waals surface area contributed by atoms with Crippen molar-refractivity contribution >= 4 is 5.97 Å². The van der Waals surface area contributed by atoms with Crippen LogP contribution in [-0.2, 0) is 22.4 Å². The van der Waals surface area contributed by atoms with E-state index in [2.05, 4.69) is 4.74 Å². The van der Waals surface area contributed by atoms with Crippen molar-refractivity contribution in [1.29, 1.82) is 0 Å². The number of hydrogen-bond acceptors (Lipinski definition) is 3. The van der Waals surface area contributed by atoms with E-state index in [-0.39, 0.29) is 23.5 Å². The number of halogens is 1. The Kier molecular flexibility index (Phi) is 2.81. The second-order valence-corrected chi connectivity index (χ2v) is 3.88. The highest BCUT2D eigenvalue weighted by molar-refractivity contribution is 5.74. The van der Waals surface area contributed by atoms with Gasteiger partial charge in [0.15, 0.2) is 11.6 Å². The molecule has 0 bridgehead atoms. The fourth-order valence-electron chi connectivity index (χ4n) is 2.11. The number of esters is 1. The van der Waals surface area contributed by atoms with E-state index in [1.165, 1.54) is 20.3 Å². The number of methoxy groups -OCH3 is 2. The molecule has 0 saturated carbocycles. The Morgan fingerprint density at radius 2 is 1.94 bits per heavy atom. The van der Waals surface area contributed by atoms with Gasteiger partial charge in [-0.25, -0.2) is 4.39 Å². The highest BCUT2D eigenvalue weighted by atomic mass is 19.1. The maximum absolute atomic E-state index is 13.4. The normalized spacial score (nSPS) is 18.1. The minimum Gasteiger partial charge on any atom is -0.494 e. The highest BCUT2D eigenvalue weighted by Gasteiger charge is 2.29. The molecule has 1 unspecified atom stereocenters. The molecule has 1 aromatic rings. The van der Waals surface area contributed by atoms with Gasteiger partial charge < -0.3 is 9.47 Å². The molecule has 0 heterocycles. The molecule has 1 atom stereocenters. The Labute approximate surface area is 93.2 Å². The summed E-state index contributed by atoms with van der Waals surface area (Å²) in [6.07, 6.45) is 1.14. The van der Waals surface area contributed by atoms with Gasteiger partial charge in [-0.05, 0) is 36.1 Å². The van der Waals surface area contributed by atoms with Crippen LogP contribution in [-0.4, -0.2) is 20.2 Å². The van der Waals surface area contributed by atoms with E-state index < -0.39 is 0 Å². The fourth-order valence-corrected chi connectivity index (χ4v) is 2.11. The first kappa shape index (κ1) is 10.9. The van der Waals surface area contributed by atoms with Crippen molar-refractivity contribution in [2.75, 3.05) is 14.2 Å². The first-order valence-corrected chi connectivity index (χ1v) is 5.08. The van der Waals surface area contributed by atoms with Gasteiger partial charge in [0.1, 0.15) is 0 Å². The van der Waals surface area contributed by atoms with Crippen molar-refractivity contribution in [3.8, 4) is 5.75 Å². The van der Waals surface area contributed by atoms with E-state index in [0.717, 1.165) is 11.1 Å². The summed E-state index contributed by atoms with van der Waals surface area (Å²) in [5.74, 6) is -0.585. The van der Waals surface area contributed by atoms with Gasteiger partial charge in [0.2, 0.25) is 0 Å². The summed E-state index contributed by atoms with van der Waals surface area (Å²) in [7, 11) is 2.80. The first-order valence-electron chi connectivity index (χ1n) is 5.08. The maximum Gasteiger partial charge on any atom is 0.309 e. The number of hydrogen-bond donors (Lipinski definition) is 0. The van der Waals surface area contributed by atoms with Gasteiger partial charge in [-0.15, -0.1) is 0 Å². The second-order valence-electron chi connectivity index (χ2n) is 3.88. The summed E-state index contributed by atoms with van der Waals surface area (Å²) in [6.45, 7) is 0. The third-order valence-corrected chi connectivity index (χ3v) is 2.94. The highest BCUT2D eigenvalue weighted by Crippen LogP contribution is 2.32. The minimum absolute atomic E-state index is 0.188. The zero-order valence-corrected chi connectivity index (χ0v) is 9.25.